The van der Waals surface area contributed by atoms with Gasteiger partial charge in [0.1, 0.15) is 0 Å². The van der Waals surface area contributed by atoms with Gasteiger partial charge in [0.25, 0.3) is 0 Å². The van der Waals surface area contributed by atoms with Gasteiger partial charge in [-0.15, -0.1) is 0 Å². The average molecular weight is 269 g/mol. The van der Waals surface area contributed by atoms with Gasteiger partial charge in [0.15, 0.2) is 0 Å². The summed E-state index contributed by atoms with van der Waals surface area (Å²) in [6, 6.07) is 1.45. The Morgan fingerprint density at radius 1 is 1.00 bits per heavy atom. The van der Waals surface area contributed by atoms with Crippen LogP contribution in [0.15, 0.2) is 0 Å². The molecule has 2 saturated heterocycles. The minimum Gasteiger partial charge on any atom is -0.480 e. The molecule has 2 rings (SSSR count). The summed E-state index contributed by atoms with van der Waals surface area (Å²) >= 11 is 0. The molecule has 0 saturated carbocycles. The van der Waals surface area contributed by atoms with Crippen molar-refractivity contribution in [1.29, 1.82) is 0 Å². The van der Waals surface area contributed by atoms with Crippen LogP contribution >= 0.6 is 0 Å². The van der Waals surface area contributed by atoms with Gasteiger partial charge >= 0.3 is 5.97 Å². The molecule has 2 aliphatic rings. The van der Waals surface area contributed by atoms with E-state index in [1.54, 1.807) is 0 Å². The summed E-state index contributed by atoms with van der Waals surface area (Å²) in [5, 5.41) is 8.77. The first-order chi connectivity index (χ1) is 9.06. The lowest BCUT2D eigenvalue weighted by Crippen LogP contribution is -2.50. The molecule has 0 bridgehead atoms. The Kier molecular flexibility index (Phi) is 5.19. The molecule has 0 aliphatic carbocycles. The first-order valence-corrected chi connectivity index (χ1v) is 7.48. The average Bonchev–Trinajstić information content (AvgIpc) is 2.68. The van der Waals surface area contributed by atoms with Gasteiger partial charge < -0.3 is 5.11 Å². The zero-order chi connectivity index (χ0) is 13.8. The van der Waals surface area contributed by atoms with Gasteiger partial charge in [0, 0.05) is 51.4 Å². The molecule has 2 unspecified atom stereocenters. The van der Waals surface area contributed by atoms with Crippen LogP contribution in [0.3, 0.4) is 0 Å². The highest BCUT2D eigenvalue weighted by molar-refractivity contribution is 5.69. The summed E-state index contributed by atoms with van der Waals surface area (Å²) in [5.41, 5.74) is 0. The van der Waals surface area contributed by atoms with Crippen molar-refractivity contribution in [2.45, 2.75) is 38.8 Å². The maximum absolute atomic E-state index is 10.7. The van der Waals surface area contributed by atoms with Gasteiger partial charge in [-0.25, -0.2) is 0 Å². The number of piperazine rings is 1. The van der Waals surface area contributed by atoms with Crippen LogP contribution in [0.2, 0.25) is 0 Å². The first-order valence-electron chi connectivity index (χ1n) is 7.48. The summed E-state index contributed by atoms with van der Waals surface area (Å²) in [4.78, 5) is 17.8. The minimum absolute atomic E-state index is 0.189. The fraction of sp³-hybridized carbons (Fsp3) is 0.929. The van der Waals surface area contributed by atoms with Gasteiger partial charge in [0.05, 0.1) is 6.54 Å². The molecule has 0 aromatic rings. The second-order valence-corrected chi connectivity index (χ2v) is 6.02. The number of likely N-dealkylation sites (tertiary alicyclic amines) is 1. The Labute approximate surface area is 116 Å². The van der Waals surface area contributed by atoms with E-state index in [0.29, 0.717) is 0 Å². The van der Waals surface area contributed by atoms with Crippen molar-refractivity contribution in [3.63, 3.8) is 0 Å². The summed E-state index contributed by atoms with van der Waals surface area (Å²) in [6.45, 7) is 10.9. The van der Waals surface area contributed by atoms with Crippen LogP contribution in [-0.2, 0) is 4.79 Å². The molecule has 5 nitrogen and oxygen atoms in total. The van der Waals surface area contributed by atoms with Crippen molar-refractivity contribution in [3.8, 4) is 0 Å². The summed E-state index contributed by atoms with van der Waals surface area (Å²) < 4.78 is 0. The molecule has 1 N–H and O–H groups in total. The van der Waals surface area contributed by atoms with Crippen molar-refractivity contribution in [2.24, 2.45) is 0 Å². The molecule has 0 radical (unpaired) electrons. The maximum Gasteiger partial charge on any atom is 0.317 e. The molecule has 2 atom stereocenters. The van der Waals surface area contributed by atoms with Crippen LogP contribution in [0, 0.1) is 0 Å². The summed E-state index contributed by atoms with van der Waals surface area (Å²) in [5.74, 6) is -0.715. The smallest absolute Gasteiger partial charge is 0.317 e. The lowest BCUT2D eigenvalue weighted by Gasteiger charge is -2.35. The quantitative estimate of drug-likeness (QED) is 0.790. The fourth-order valence-corrected chi connectivity index (χ4v) is 3.31. The molecular formula is C14H27N3O2. The van der Waals surface area contributed by atoms with Crippen molar-refractivity contribution in [2.75, 3.05) is 45.8 Å². The van der Waals surface area contributed by atoms with Crippen LogP contribution in [-0.4, -0.2) is 83.7 Å². The molecule has 0 aromatic heterocycles. The normalized spacial score (nSPS) is 30.8. The van der Waals surface area contributed by atoms with Crippen molar-refractivity contribution < 1.29 is 9.90 Å². The predicted molar refractivity (Wildman–Crippen MR) is 75.4 cm³/mol. The first kappa shape index (κ1) is 14.8. The van der Waals surface area contributed by atoms with E-state index in [4.69, 9.17) is 5.11 Å². The number of carboxylic acid groups (broad SMARTS) is 1. The third-order valence-electron chi connectivity index (χ3n) is 4.63. The molecule has 0 aromatic carbocycles. The maximum atomic E-state index is 10.7. The Balaban J connectivity index is 1.67. The number of carboxylic acids is 1. The van der Waals surface area contributed by atoms with Crippen LogP contribution in [0.25, 0.3) is 0 Å². The zero-order valence-electron chi connectivity index (χ0n) is 12.2. The third kappa shape index (κ3) is 4.16. The number of carbonyl (C=O) groups is 1. The van der Waals surface area contributed by atoms with E-state index < -0.39 is 5.97 Å². The number of rotatable bonds is 5. The number of hydrogen-bond acceptors (Lipinski definition) is 4. The molecule has 2 aliphatic heterocycles. The molecule has 2 heterocycles. The summed E-state index contributed by atoms with van der Waals surface area (Å²) in [7, 11) is 0. The largest absolute Gasteiger partial charge is 0.480 e. The number of hydrogen-bond donors (Lipinski definition) is 1. The highest BCUT2D eigenvalue weighted by Gasteiger charge is 2.27. The molecule has 110 valence electrons. The van der Waals surface area contributed by atoms with Gasteiger partial charge in [0.2, 0.25) is 0 Å². The molecule has 0 spiro atoms. The second kappa shape index (κ2) is 6.68. The van der Waals surface area contributed by atoms with Crippen LogP contribution in [0.4, 0.5) is 0 Å². The topological polar surface area (TPSA) is 47.0 Å². The Hall–Kier alpha value is -0.650. The van der Waals surface area contributed by atoms with Crippen molar-refractivity contribution in [1.82, 2.24) is 14.7 Å². The van der Waals surface area contributed by atoms with E-state index >= 15 is 0 Å². The Morgan fingerprint density at radius 3 is 2.05 bits per heavy atom. The van der Waals surface area contributed by atoms with E-state index in [2.05, 4.69) is 23.6 Å². The zero-order valence-corrected chi connectivity index (χ0v) is 12.2. The van der Waals surface area contributed by atoms with E-state index in [-0.39, 0.29) is 6.54 Å². The molecule has 5 heteroatoms. The molecule has 0 amide bonds. The molecular weight excluding hydrogens is 242 g/mol. The fourth-order valence-electron chi connectivity index (χ4n) is 3.31. The standard InChI is InChI=1S/C14H27N3O2/c1-12-3-4-13(2)17(12)10-9-15-5-7-16(8-6-15)11-14(18)19/h12-13H,3-11H2,1-2H3,(H,18,19). The van der Waals surface area contributed by atoms with Crippen LogP contribution < -0.4 is 0 Å². The lowest BCUT2D eigenvalue weighted by molar-refractivity contribution is -0.138. The van der Waals surface area contributed by atoms with Gasteiger partial charge in [-0.05, 0) is 26.7 Å². The predicted octanol–water partition coefficient (Wildman–Crippen LogP) is 0.561. The van der Waals surface area contributed by atoms with Gasteiger partial charge in [-0.2, -0.15) is 0 Å². The van der Waals surface area contributed by atoms with Crippen LogP contribution in [0.5, 0.6) is 0 Å². The number of aliphatic carboxylic acids is 1. The minimum atomic E-state index is -0.715. The molecule has 19 heavy (non-hydrogen) atoms. The lowest BCUT2D eigenvalue weighted by atomic mass is 10.2. The Morgan fingerprint density at radius 2 is 1.53 bits per heavy atom. The molecule has 2 fully saturated rings. The third-order valence-corrected chi connectivity index (χ3v) is 4.63. The van der Waals surface area contributed by atoms with E-state index in [9.17, 15) is 4.79 Å². The SMILES string of the molecule is CC1CCC(C)N1CCN1CCN(CC(=O)O)CC1. The highest BCUT2D eigenvalue weighted by atomic mass is 16.4. The monoisotopic (exact) mass is 269 g/mol. The van der Waals surface area contributed by atoms with Gasteiger partial charge in [-0.3, -0.25) is 19.5 Å². The van der Waals surface area contributed by atoms with Crippen molar-refractivity contribution in [3.05, 3.63) is 0 Å². The van der Waals surface area contributed by atoms with E-state index in [1.807, 2.05) is 4.90 Å². The summed E-state index contributed by atoms with van der Waals surface area (Å²) in [6.07, 6.45) is 2.65. The van der Waals surface area contributed by atoms with Crippen molar-refractivity contribution >= 4 is 5.97 Å². The number of nitrogens with zero attached hydrogens (tertiary/aromatic N) is 3. The second-order valence-electron chi connectivity index (χ2n) is 6.02. The highest BCUT2D eigenvalue weighted by Crippen LogP contribution is 2.22. The van der Waals surface area contributed by atoms with Crippen LogP contribution in [0.1, 0.15) is 26.7 Å². The van der Waals surface area contributed by atoms with Gasteiger partial charge in [-0.1, -0.05) is 0 Å². The van der Waals surface area contributed by atoms with E-state index in [0.717, 1.165) is 51.4 Å². The Bertz CT molecular complexity index is 293. The van der Waals surface area contributed by atoms with E-state index in [1.165, 1.54) is 12.8 Å².